The average Bonchev–Trinajstić information content (AvgIpc) is 2.76. The molecule has 0 fully saturated rings. The lowest BCUT2D eigenvalue weighted by atomic mass is 10.1. The molecular formula is C14H21NS2. The fraction of sp³-hybridized carbons (Fsp3) is 0.571. The van der Waals surface area contributed by atoms with E-state index in [1.165, 1.54) is 23.3 Å². The van der Waals surface area contributed by atoms with E-state index >= 15 is 0 Å². The Morgan fingerprint density at radius 3 is 3.06 bits per heavy atom. The third kappa shape index (κ3) is 3.94. The zero-order valence-corrected chi connectivity index (χ0v) is 12.2. The number of nitrogens with one attached hydrogen (secondary N) is 1. The molecule has 1 aromatic carbocycles. The fourth-order valence-corrected chi connectivity index (χ4v) is 3.69. The van der Waals surface area contributed by atoms with Crippen molar-refractivity contribution in [3.63, 3.8) is 0 Å². The van der Waals surface area contributed by atoms with Crippen LogP contribution in [0.3, 0.4) is 0 Å². The molecule has 1 nitrogen and oxygen atoms in total. The molecule has 1 heterocycles. The first-order valence-electron chi connectivity index (χ1n) is 6.27. The van der Waals surface area contributed by atoms with Gasteiger partial charge < -0.3 is 5.32 Å². The molecule has 0 bridgehead atoms. The van der Waals surface area contributed by atoms with Crippen molar-refractivity contribution in [2.45, 2.75) is 35.2 Å². The fourth-order valence-electron chi connectivity index (χ4n) is 2.05. The summed E-state index contributed by atoms with van der Waals surface area (Å²) in [6, 6.07) is 8.80. The maximum Gasteiger partial charge on any atom is 0.0260 e. The van der Waals surface area contributed by atoms with Crippen LogP contribution in [0.4, 0.5) is 0 Å². The number of hydrogen-bond donors (Lipinski definition) is 1. The van der Waals surface area contributed by atoms with Gasteiger partial charge in [0.05, 0.1) is 0 Å². The highest BCUT2D eigenvalue weighted by molar-refractivity contribution is 8.00. The lowest BCUT2D eigenvalue weighted by molar-refractivity contribution is 0.632. The van der Waals surface area contributed by atoms with Crippen LogP contribution >= 0.6 is 23.5 Å². The molecule has 2 rings (SSSR count). The van der Waals surface area contributed by atoms with Crippen LogP contribution in [-0.2, 0) is 6.42 Å². The molecule has 0 amide bonds. The lowest BCUT2D eigenvalue weighted by Crippen LogP contribution is -2.26. The highest BCUT2D eigenvalue weighted by atomic mass is 32.2. The molecule has 2 unspecified atom stereocenters. The molecule has 1 N–H and O–H groups in total. The molecular weight excluding hydrogens is 246 g/mol. The van der Waals surface area contributed by atoms with Gasteiger partial charge in [0.15, 0.2) is 0 Å². The summed E-state index contributed by atoms with van der Waals surface area (Å²) in [6.45, 7) is 4.59. The number of hydrogen-bond acceptors (Lipinski definition) is 3. The van der Waals surface area contributed by atoms with Gasteiger partial charge in [-0.3, -0.25) is 0 Å². The van der Waals surface area contributed by atoms with Gasteiger partial charge in [-0.25, -0.2) is 0 Å². The number of fused-ring (bicyclic) bond motifs is 1. The molecule has 1 aliphatic heterocycles. The molecule has 0 spiro atoms. The molecule has 0 radical (unpaired) electrons. The van der Waals surface area contributed by atoms with Crippen molar-refractivity contribution in [2.24, 2.45) is 0 Å². The van der Waals surface area contributed by atoms with Crippen LogP contribution in [0.1, 0.15) is 18.9 Å². The van der Waals surface area contributed by atoms with E-state index in [9.17, 15) is 0 Å². The molecule has 17 heavy (non-hydrogen) atoms. The summed E-state index contributed by atoms with van der Waals surface area (Å²) in [7, 11) is 0. The van der Waals surface area contributed by atoms with Crippen LogP contribution in [0.5, 0.6) is 0 Å². The second kappa shape index (κ2) is 6.72. The molecule has 0 aliphatic carbocycles. The first-order valence-corrected chi connectivity index (χ1v) is 8.44. The maximum atomic E-state index is 3.59. The first-order chi connectivity index (χ1) is 8.29. The Hall–Kier alpha value is -0.120. The van der Waals surface area contributed by atoms with Gasteiger partial charge in [-0.1, -0.05) is 25.1 Å². The molecule has 1 aromatic rings. The summed E-state index contributed by atoms with van der Waals surface area (Å²) in [6.07, 6.45) is 4.69. The second-order valence-corrected chi connectivity index (χ2v) is 7.21. The monoisotopic (exact) mass is 267 g/mol. The van der Waals surface area contributed by atoms with Gasteiger partial charge in [0.2, 0.25) is 0 Å². The molecule has 0 aromatic heterocycles. The van der Waals surface area contributed by atoms with Crippen LogP contribution < -0.4 is 5.32 Å². The predicted octanol–water partition coefficient (Wildman–Crippen LogP) is 3.43. The topological polar surface area (TPSA) is 12.0 Å². The molecule has 0 saturated heterocycles. The van der Waals surface area contributed by atoms with E-state index in [1.807, 2.05) is 23.5 Å². The largest absolute Gasteiger partial charge is 0.316 e. The number of thioether (sulfide) groups is 2. The summed E-state index contributed by atoms with van der Waals surface area (Å²) < 4.78 is 0. The van der Waals surface area contributed by atoms with Crippen LogP contribution in [0.15, 0.2) is 29.2 Å². The second-order valence-electron chi connectivity index (χ2n) is 4.59. The number of rotatable bonds is 6. The minimum Gasteiger partial charge on any atom is -0.316 e. The van der Waals surface area contributed by atoms with E-state index in [0.717, 1.165) is 23.6 Å². The van der Waals surface area contributed by atoms with E-state index in [0.29, 0.717) is 0 Å². The summed E-state index contributed by atoms with van der Waals surface area (Å²) in [5, 5.41) is 5.10. The zero-order valence-electron chi connectivity index (χ0n) is 10.6. The number of benzene rings is 1. The van der Waals surface area contributed by atoms with Crippen LogP contribution in [0.25, 0.3) is 0 Å². The Kier molecular flexibility index (Phi) is 5.26. The van der Waals surface area contributed by atoms with E-state index in [-0.39, 0.29) is 0 Å². The van der Waals surface area contributed by atoms with Gasteiger partial charge >= 0.3 is 0 Å². The standard InChI is InChI=1S/C14H21NS2/c1-11(16-2)7-8-15-10-13-9-12-5-3-4-6-14(12)17-13/h3-6,11,13,15H,7-10H2,1-2H3. The van der Waals surface area contributed by atoms with Gasteiger partial charge in [-0.15, -0.1) is 11.8 Å². The quantitative estimate of drug-likeness (QED) is 0.793. The Bertz CT molecular complexity index is 329. The van der Waals surface area contributed by atoms with Crippen molar-refractivity contribution in [1.29, 1.82) is 0 Å². The van der Waals surface area contributed by atoms with Crippen LogP contribution in [0.2, 0.25) is 0 Å². The Balaban J connectivity index is 1.67. The Morgan fingerprint density at radius 2 is 2.29 bits per heavy atom. The molecule has 3 heteroatoms. The van der Waals surface area contributed by atoms with Crippen molar-refractivity contribution >= 4 is 23.5 Å². The van der Waals surface area contributed by atoms with E-state index in [2.05, 4.69) is 42.8 Å². The zero-order chi connectivity index (χ0) is 12.1. The third-order valence-electron chi connectivity index (χ3n) is 3.22. The SMILES string of the molecule is CSC(C)CCNCC1Cc2ccccc2S1. The van der Waals surface area contributed by atoms with Gasteiger partial charge in [0, 0.05) is 21.9 Å². The van der Waals surface area contributed by atoms with Gasteiger partial charge in [0.25, 0.3) is 0 Å². The summed E-state index contributed by atoms with van der Waals surface area (Å²) >= 11 is 3.99. The van der Waals surface area contributed by atoms with Gasteiger partial charge in [-0.2, -0.15) is 11.8 Å². The maximum absolute atomic E-state index is 3.59. The average molecular weight is 267 g/mol. The van der Waals surface area contributed by atoms with E-state index in [4.69, 9.17) is 0 Å². The first kappa shape index (κ1) is 13.3. The van der Waals surface area contributed by atoms with Crippen molar-refractivity contribution in [3.8, 4) is 0 Å². The highest BCUT2D eigenvalue weighted by Gasteiger charge is 2.20. The van der Waals surface area contributed by atoms with Gasteiger partial charge in [0.1, 0.15) is 0 Å². The van der Waals surface area contributed by atoms with E-state index in [1.54, 1.807) is 0 Å². The normalized spacial score (nSPS) is 20.2. The summed E-state index contributed by atoms with van der Waals surface area (Å²) in [5.41, 5.74) is 1.53. The molecule has 94 valence electrons. The van der Waals surface area contributed by atoms with Crippen LogP contribution in [-0.4, -0.2) is 29.8 Å². The predicted molar refractivity (Wildman–Crippen MR) is 80.3 cm³/mol. The molecule has 0 saturated carbocycles. The Labute approximate surface area is 113 Å². The molecule has 1 aliphatic rings. The minimum absolute atomic E-state index is 0.733. The Morgan fingerprint density at radius 1 is 1.47 bits per heavy atom. The third-order valence-corrected chi connectivity index (χ3v) is 5.58. The van der Waals surface area contributed by atoms with Gasteiger partial charge in [-0.05, 0) is 37.3 Å². The summed E-state index contributed by atoms with van der Waals surface area (Å²) in [4.78, 5) is 1.48. The van der Waals surface area contributed by atoms with E-state index < -0.39 is 0 Å². The smallest absolute Gasteiger partial charge is 0.0260 e. The minimum atomic E-state index is 0.733. The van der Waals surface area contributed by atoms with Crippen molar-refractivity contribution in [1.82, 2.24) is 5.32 Å². The highest BCUT2D eigenvalue weighted by Crippen LogP contribution is 2.36. The summed E-state index contributed by atoms with van der Waals surface area (Å²) in [5.74, 6) is 0. The van der Waals surface area contributed by atoms with Crippen molar-refractivity contribution in [2.75, 3.05) is 19.3 Å². The van der Waals surface area contributed by atoms with Crippen LogP contribution in [0, 0.1) is 0 Å². The lowest BCUT2D eigenvalue weighted by Gasteiger charge is -2.12. The van der Waals surface area contributed by atoms with Crippen molar-refractivity contribution < 1.29 is 0 Å². The molecule has 2 atom stereocenters. The van der Waals surface area contributed by atoms with Crippen molar-refractivity contribution in [3.05, 3.63) is 29.8 Å².